The highest BCUT2D eigenvalue weighted by molar-refractivity contribution is 5.96. The molecule has 10 nitrogen and oxygen atoms in total. The van der Waals surface area contributed by atoms with Crippen LogP contribution in [0.25, 0.3) is 0 Å². The van der Waals surface area contributed by atoms with E-state index >= 15 is 0 Å². The molecule has 2 N–H and O–H groups in total. The summed E-state index contributed by atoms with van der Waals surface area (Å²) in [6.45, 7) is 12.9. The number of rotatable bonds is 8. The summed E-state index contributed by atoms with van der Waals surface area (Å²) < 4.78 is 12.3. The number of amides is 2. The molecular weight excluding hydrogens is 414 g/mol. The maximum atomic E-state index is 12.7. The van der Waals surface area contributed by atoms with Crippen LogP contribution in [0.3, 0.4) is 0 Å². The molecule has 10 heteroatoms. The van der Waals surface area contributed by atoms with Crippen molar-refractivity contribution in [2.24, 2.45) is 0 Å². The van der Waals surface area contributed by atoms with E-state index in [1.54, 1.807) is 11.5 Å². The molecule has 178 valence electrons. The topological polar surface area (TPSA) is 115 Å². The molecule has 1 fully saturated rings. The number of aromatic nitrogens is 2. The summed E-state index contributed by atoms with van der Waals surface area (Å²) in [7, 11) is 0. The maximum absolute atomic E-state index is 12.7. The Kier molecular flexibility index (Phi) is 8.68. The lowest BCUT2D eigenvalue weighted by Gasteiger charge is -2.34. The summed E-state index contributed by atoms with van der Waals surface area (Å²) in [5, 5.41) is 5.44. The third kappa shape index (κ3) is 7.00. The molecule has 2 heterocycles. The van der Waals surface area contributed by atoms with E-state index in [2.05, 4.69) is 15.6 Å². The lowest BCUT2D eigenvalue weighted by molar-refractivity contribution is -0.105. The van der Waals surface area contributed by atoms with Gasteiger partial charge in [0.2, 0.25) is 12.4 Å². The van der Waals surface area contributed by atoms with E-state index in [4.69, 9.17) is 9.47 Å². The van der Waals surface area contributed by atoms with E-state index < -0.39 is 17.7 Å². The van der Waals surface area contributed by atoms with Crippen molar-refractivity contribution in [3.05, 3.63) is 17.3 Å². The Morgan fingerprint density at radius 2 is 2.00 bits per heavy atom. The Morgan fingerprint density at radius 3 is 2.59 bits per heavy atom. The molecule has 1 atom stereocenters. The molecule has 0 aromatic carbocycles. The van der Waals surface area contributed by atoms with Crippen molar-refractivity contribution in [1.29, 1.82) is 0 Å². The van der Waals surface area contributed by atoms with Crippen molar-refractivity contribution < 1.29 is 23.9 Å². The van der Waals surface area contributed by atoms with E-state index in [1.165, 1.54) is 0 Å². The number of hydrogen-bond donors (Lipinski definition) is 2. The predicted octanol–water partition coefficient (Wildman–Crippen LogP) is 3.09. The number of carbonyl (C=O) groups excluding carboxylic acids is 3. The molecule has 1 aromatic rings. The van der Waals surface area contributed by atoms with Crippen LogP contribution in [0.1, 0.15) is 64.9 Å². The second-order valence-corrected chi connectivity index (χ2v) is 8.92. The second-order valence-electron chi connectivity index (χ2n) is 8.92. The van der Waals surface area contributed by atoms with Crippen LogP contribution in [0, 0.1) is 0 Å². The Hall–Kier alpha value is -3.04. The molecule has 0 aliphatic carbocycles. The quantitative estimate of drug-likeness (QED) is 0.356. The first-order chi connectivity index (χ1) is 15.1. The molecule has 1 unspecified atom stereocenters. The van der Waals surface area contributed by atoms with Gasteiger partial charge in [0, 0.05) is 25.7 Å². The number of imidazole rings is 1. The van der Waals surface area contributed by atoms with Crippen molar-refractivity contribution in [3.8, 4) is 0 Å². The normalized spacial score (nSPS) is 16.2. The summed E-state index contributed by atoms with van der Waals surface area (Å²) in [6, 6.07) is -0.138. The molecule has 1 saturated heterocycles. The van der Waals surface area contributed by atoms with Gasteiger partial charge in [-0.15, -0.1) is 0 Å². The summed E-state index contributed by atoms with van der Waals surface area (Å²) >= 11 is 0. The van der Waals surface area contributed by atoms with E-state index in [0.29, 0.717) is 32.0 Å². The molecular formula is C22H35N5O5. The standard InChI is InChI=1S/C22H35N5O5/c1-7-31-19(29)17-18(23-14-28)25-20(27(17)12-10-15(2)3)26-11-8-9-16(13-26)24-21(30)32-22(4,5)6/h10,14,16H,7-9,11-13H2,1-6H3,(H,23,28)(H,24,30). The van der Waals surface area contributed by atoms with Gasteiger partial charge in [-0.3, -0.25) is 9.36 Å². The van der Waals surface area contributed by atoms with Crippen molar-refractivity contribution >= 4 is 30.2 Å². The van der Waals surface area contributed by atoms with Crippen LogP contribution in [0.2, 0.25) is 0 Å². The molecule has 0 spiro atoms. The first-order valence-electron chi connectivity index (χ1n) is 10.9. The zero-order valence-corrected chi connectivity index (χ0v) is 19.9. The number of anilines is 2. The van der Waals surface area contributed by atoms with Gasteiger partial charge in [0.25, 0.3) is 0 Å². The summed E-state index contributed by atoms with van der Waals surface area (Å²) in [6.07, 6.45) is 3.62. The van der Waals surface area contributed by atoms with Gasteiger partial charge in [0.15, 0.2) is 11.5 Å². The number of alkyl carbamates (subject to hydrolysis) is 1. The Labute approximate surface area is 189 Å². The number of allylic oxidation sites excluding steroid dienone is 2. The van der Waals surface area contributed by atoms with Gasteiger partial charge in [-0.05, 0) is 54.4 Å². The number of hydrogen-bond acceptors (Lipinski definition) is 7. The van der Waals surface area contributed by atoms with Gasteiger partial charge < -0.3 is 25.0 Å². The van der Waals surface area contributed by atoms with E-state index in [0.717, 1.165) is 18.4 Å². The number of piperidine rings is 1. The van der Waals surface area contributed by atoms with Crippen LogP contribution in [-0.4, -0.2) is 59.4 Å². The van der Waals surface area contributed by atoms with Gasteiger partial charge >= 0.3 is 12.1 Å². The van der Waals surface area contributed by atoms with Crippen LogP contribution in [0.5, 0.6) is 0 Å². The van der Waals surface area contributed by atoms with Crippen LogP contribution in [-0.2, 0) is 20.8 Å². The number of esters is 1. The highest BCUT2D eigenvalue weighted by Crippen LogP contribution is 2.27. The smallest absolute Gasteiger partial charge is 0.407 e. The third-order valence-corrected chi connectivity index (χ3v) is 4.72. The first kappa shape index (κ1) is 25.2. The highest BCUT2D eigenvalue weighted by Gasteiger charge is 2.30. The minimum absolute atomic E-state index is 0.138. The number of carbonyl (C=O) groups is 3. The molecule has 1 aromatic heterocycles. The molecule has 0 radical (unpaired) electrons. The van der Waals surface area contributed by atoms with Crippen molar-refractivity contribution in [2.75, 3.05) is 29.9 Å². The summed E-state index contributed by atoms with van der Waals surface area (Å²) in [4.78, 5) is 42.6. The number of nitrogens with one attached hydrogen (secondary N) is 2. The number of ether oxygens (including phenoxy) is 2. The third-order valence-electron chi connectivity index (χ3n) is 4.72. The van der Waals surface area contributed by atoms with E-state index in [-0.39, 0.29) is 24.2 Å². The molecule has 32 heavy (non-hydrogen) atoms. The Balaban J connectivity index is 2.36. The minimum atomic E-state index is -0.580. The average Bonchev–Trinajstić information content (AvgIpc) is 3.04. The van der Waals surface area contributed by atoms with Gasteiger partial charge in [0.05, 0.1) is 6.61 Å². The van der Waals surface area contributed by atoms with Crippen LogP contribution < -0.4 is 15.5 Å². The average molecular weight is 450 g/mol. The Morgan fingerprint density at radius 1 is 1.28 bits per heavy atom. The van der Waals surface area contributed by atoms with Gasteiger partial charge in [0.1, 0.15) is 5.60 Å². The second kappa shape index (κ2) is 11.0. The fraction of sp³-hybridized carbons (Fsp3) is 0.636. The molecule has 2 amide bonds. The number of nitrogens with zero attached hydrogens (tertiary/aromatic N) is 3. The fourth-order valence-electron chi connectivity index (χ4n) is 3.44. The van der Waals surface area contributed by atoms with Crippen molar-refractivity contribution in [1.82, 2.24) is 14.9 Å². The monoisotopic (exact) mass is 449 g/mol. The molecule has 0 saturated carbocycles. The molecule has 2 rings (SSSR count). The van der Waals surface area contributed by atoms with Gasteiger partial charge in [-0.2, -0.15) is 4.98 Å². The molecule has 1 aliphatic rings. The zero-order valence-electron chi connectivity index (χ0n) is 19.9. The van der Waals surface area contributed by atoms with E-state index in [9.17, 15) is 14.4 Å². The first-order valence-corrected chi connectivity index (χ1v) is 10.9. The van der Waals surface area contributed by atoms with Gasteiger partial charge in [-0.1, -0.05) is 11.6 Å². The SMILES string of the molecule is CCOC(=O)c1c(NC=O)nc(N2CCCC(NC(=O)OC(C)(C)C)C2)n1CC=C(C)C. The largest absolute Gasteiger partial charge is 0.461 e. The van der Waals surface area contributed by atoms with Crippen molar-refractivity contribution in [3.63, 3.8) is 0 Å². The van der Waals surface area contributed by atoms with E-state index in [1.807, 2.05) is 45.6 Å². The highest BCUT2D eigenvalue weighted by atomic mass is 16.6. The van der Waals surface area contributed by atoms with Crippen LogP contribution in [0.4, 0.5) is 16.6 Å². The zero-order chi connectivity index (χ0) is 23.9. The van der Waals surface area contributed by atoms with Crippen LogP contribution >= 0.6 is 0 Å². The maximum Gasteiger partial charge on any atom is 0.407 e. The fourth-order valence-corrected chi connectivity index (χ4v) is 3.44. The summed E-state index contributed by atoms with van der Waals surface area (Å²) in [5.41, 5.74) is 0.685. The molecule has 1 aliphatic heterocycles. The predicted molar refractivity (Wildman–Crippen MR) is 122 cm³/mol. The Bertz CT molecular complexity index is 852. The molecule has 0 bridgehead atoms. The van der Waals surface area contributed by atoms with Crippen molar-refractivity contribution in [2.45, 2.75) is 72.6 Å². The van der Waals surface area contributed by atoms with Crippen LogP contribution in [0.15, 0.2) is 11.6 Å². The minimum Gasteiger partial charge on any atom is -0.461 e. The summed E-state index contributed by atoms with van der Waals surface area (Å²) in [5.74, 6) is 0.126. The van der Waals surface area contributed by atoms with Gasteiger partial charge in [-0.25, -0.2) is 9.59 Å². The lowest BCUT2D eigenvalue weighted by atomic mass is 10.1. The lowest BCUT2D eigenvalue weighted by Crippen LogP contribution is -2.49.